The number of aromatic nitrogens is 3. The van der Waals surface area contributed by atoms with Crippen LogP contribution in [-0.4, -0.2) is 44.6 Å². The largest absolute Gasteiger partial charge is 0.487 e. The van der Waals surface area contributed by atoms with Gasteiger partial charge in [0.05, 0.1) is 17.7 Å². The van der Waals surface area contributed by atoms with Crippen LogP contribution < -0.4 is 4.74 Å². The van der Waals surface area contributed by atoms with Crippen molar-refractivity contribution in [3.63, 3.8) is 0 Å². The summed E-state index contributed by atoms with van der Waals surface area (Å²) < 4.78 is 20.1. The molecule has 36 heavy (non-hydrogen) atoms. The van der Waals surface area contributed by atoms with Crippen molar-refractivity contribution in [2.75, 3.05) is 6.61 Å². The van der Waals surface area contributed by atoms with Crippen molar-refractivity contribution in [2.24, 2.45) is 24.3 Å². The molecule has 4 rings (SSSR count). The number of benzene rings is 1. The zero-order valence-electron chi connectivity index (χ0n) is 22.3. The van der Waals surface area contributed by atoms with Crippen LogP contribution >= 0.6 is 0 Å². The Morgan fingerprint density at radius 3 is 2.50 bits per heavy atom. The lowest BCUT2D eigenvalue weighted by atomic mass is 9.59. The van der Waals surface area contributed by atoms with E-state index in [0.29, 0.717) is 19.4 Å². The monoisotopic (exact) mass is 499 g/mol. The summed E-state index contributed by atoms with van der Waals surface area (Å²) >= 11 is 0. The summed E-state index contributed by atoms with van der Waals surface area (Å²) in [5.74, 6) is 0.253. The minimum atomic E-state index is -0.765. The lowest BCUT2D eigenvalue weighted by Gasteiger charge is -2.49. The van der Waals surface area contributed by atoms with Gasteiger partial charge in [-0.05, 0) is 74.6 Å². The minimum Gasteiger partial charge on any atom is -0.487 e. The normalized spacial score (nSPS) is 26.9. The molecular weight excluding hydrogens is 458 g/mol. The van der Waals surface area contributed by atoms with Crippen LogP contribution in [0.3, 0.4) is 0 Å². The van der Waals surface area contributed by atoms with Gasteiger partial charge in [0.25, 0.3) is 0 Å². The zero-order valence-corrected chi connectivity index (χ0v) is 22.3. The summed E-state index contributed by atoms with van der Waals surface area (Å²) in [6.07, 6.45) is 5.83. The van der Waals surface area contributed by atoms with Crippen molar-refractivity contribution in [1.29, 1.82) is 0 Å². The summed E-state index contributed by atoms with van der Waals surface area (Å²) in [7, 11) is 1.87. The molecule has 0 spiro atoms. The fraction of sp³-hybridized carbons (Fsp3) is 0.679. The van der Waals surface area contributed by atoms with Crippen LogP contribution in [0.15, 0.2) is 24.3 Å². The molecule has 0 amide bonds. The molecule has 3 unspecified atom stereocenters. The molecule has 2 fully saturated rings. The van der Waals surface area contributed by atoms with Crippen LogP contribution in [0, 0.1) is 17.3 Å². The van der Waals surface area contributed by atoms with Crippen LogP contribution in [0.4, 0.5) is 0 Å². The van der Waals surface area contributed by atoms with E-state index in [9.17, 15) is 9.90 Å². The predicted molar refractivity (Wildman–Crippen MR) is 136 cm³/mol. The fourth-order valence-corrected chi connectivity index (χ4v) is 5.73. The average Bonchev–Trinajstić information content (AvgIpc) is 3.23. The molecule has 1 aromatic carbocycles. The van der Waals surface area contributed by atoms with Gasteiger partial charge in [-0.2, -0.15) is 0 Å². The highest BCUT2D eigenvalue weighted by atomic mass is 16.7. The van der Waals surface area contributed by atoms with Gasteiger partial charge in [-0.3, -0.25) is 4.79 Å². The smallest absolute Gasteiger partial charge is 0.310 e. The number of hydrogen-bond acceptors (Lipinski definition) is 6. The van der Waals surface area contributed by atoms with Crippen LogP contribution in [-0.2, 0) is 27.9 Å². The molecule has 1 saturated heterocycles. The van der Waals surface area contributed by atoms with E-state index >= 15 is 0 Å². The molecule has 2 aromatic rings. The maximum Gasteiger partial charge on any atom is 0.310 e. The molecule has 8 heteroatoms. The lowest BCUT2D eigenvalue weighted by Crippen LogP contribution is -2.53. The second-order valence-electron chi connectivity index (χ2n) is 11.1. The van der Waals surface area contributed by atoms with E-state index in [2.05, 4.69) is 24.2 Å². The Bertz CT molecular complexity index is 1030. The van der Waals surface area contributed by atoms with Gasteiger partial charge in [-0.1, -0.05) is 32.9 Å². The minimum absolute atomic E-state index is 0.0377. The first-order valence-electron chi connectivity index (χ1n) is 13.3. The summed E-state index contributed by atoms with van der Waals surface area (Å²) in [6.45, 7) is 9.42. The standard InChI is InChI=1S/C28H41N3O5/c1-19(2)27(26(32)33)14-8-15-28(18-27,20(3)4)36-22-12-10-21(11-13-22)25-23(31(5)30-29-25)17-35-24-9-6-7-16-34-24/h10-13,19-20,24H,6-9,14-18H2,1-5H3,(H,32,33). The highest BCUT2D eigenvalue weighted by Crippen LogP contribution is 2.51. The van der Waals surface area contributed by atoms with Gasteiger partial charge in [-0.15, -0.1) is 5.10 Å². The van der Waals surface area contributed by atoms with Gasteiger partial charge in [0.2, 0.25) is 0 Å². The van der Waals surface area contributed by atoms with Crippen LogP contribution in [0.2, 0.25) is 0 Å². The number of rotatable bonds is 9. The van der Waals surface area contributed by atoms with Gasteiger partial charge in [0, 0.05) is 25.6 Å². The third-order valence-electron chi connectivity index (χ3n) is 8.36. The van der Waals surface area contributed by atoms with Crippen LogP contribution in [0.1, 0.15) is 78.3 Å². The average molecular weight is 500 g/mol. The first kappa shape index (κ1) is 26.6. The summed E-state index contributed by atoms with van der Waals surface area (Å²) in [4.78, 5) is 12.4. The summed E-state index contributed by atoms with van der Waals surface area (Å²) in [6, 6.07) is 7.89. The molecule has 2 heterocycles. The molecule has 3 atom stereocenters. The van der Waals surface area contributed by atoms with Gasteiger partial charge in [-0.25, -0.2) is 4.68 Å². The second kappa shape index (κ2) is 10.9. The molecule has 1 N–H and O–H groups in total. The maximum absolute atomic E-state index is 12.4. The van der Waals surface area contributed by atoms with Crippen molar-refractivity contribution in [1.82, 2.24) is 15.0 Å². The van der Waals surface area contributed by atoms with Crippen LogP contribution in [0.5, 0.6) is 5.75 Å². The van der Waals surface area contributed by atoms with Crippen molar-refractivity contribution < 1.29 is 24.1 Å². The Balaban J connectivity index is 1.52. The summed E-state index contributed by atoms with van der Waals surface area (Å²) in [5, 5.41) is 18.8. The van der Waals surface area contributed by atoms with Crippen molar-refractivity contribution >= 4 is 5.97 Å². The Morgan fingerprint density at radius 2 is 1.89 bits per heavy atom. The highest BCUT2D eigenvalue weighted by Gasteiger charge is 2.53. The van der Waals surface area contributed by atoms with Gasteiger partial charge in [0.1, 0.15) is 17.0 Å². The molecule has 1 aromatic heterocycles. The summed E-state index contributed by atoms with van der Waals surface area (Å²) in [5.41, 5.74) is 1.32. The number of aryl methyl sites for hydroxylation is 1. The third kappa shape index (κ3) is 5.30. The van der Waals surface area contributed by atoms with Gasteiger partial charge < -0.3 is 19.3 Å². The van der Waals surface area contributed by atoms with Crippen molar-refractivity contribution in [3.05, 3.63) is 30.0 Å². The maximum atomic E-state index is 12.4. The van der Waals surface area contributed by atoms with E-state index in [1.807, 2.05) is 45.2 Å². The first-order chi connectivity index (χ1) is 17.2. The Kier molecular flexibility index (Phi) is 8.05. The number of nitrogens with zero attached hydrogens (tertiary/aromatic N) is 3. The highest BCUT2D eigenvalue weighted by molar-refractivity contribution is 5.75. The number of carboxylic acid groups (broad SMARTS) is 1. The Labute approximate surface area is 214 Å². The van der Waals surface area contributed by atoms with E-state index in [-0.39, 0.29) is 18.1 Å². The lowest BCUT2D eigenvalue weighted by molar-refractivity contribution is -0.169. The fourth-order valence-electron chi connectivity index (χ4n) is 5.73. The number of aliphatic carboxylic acids is 1. The molecular formula is C28H41N3O5. The predicted octanol–water partition coefficient (Wildman–Crippen LogP) is 5.60. The van der Waals surface area contributed by atoms with E-state index in [1.54, 1.807) is 4.68 Å². The Morgan fingerprint density at radius 1 is 1.14 bits per heavy atom. The quantitative estimate of drug-likeness (QED) is 0.480. The van der Waals surface area contributed by atoms with Crippen molar-refractivity contribution in [3.8, 4) is 17.0 Å². The van der Waals surface area contributed by atoms with Gasteiger partial charge >= 0.3 is 5.97 Å². The van der Waals surface area contributed by atoms with Crippen molar-refractivity contribution in [2.45, 2.75) is 91.1 Å². The van der Waals surface area contributed by atoms with Gasteiger partial charge in [0.15, 0.2) is 6.29 Å². The molecule has 1 saturated carbocycles. The molecule has 0 radical (unpaired) electrons. The number of hydrogen-bond donors (Lipinski definition) is 1. The molecule has 1 aliphatic heterocycles. The third-order valence-corrected chi connectivity index (χ3v) is 8.36. The molecule has 1 aliphatic carbocycles. The number of carbonyl (C=O) groups is 1. The first-order valence-corrected chi connectivity index (χ1v) is 13.3. The molecule has 198 valence electrons. The molecule has 8 nitrogen and oxygen atoms in total. The van der Waals surface area contributed by atoms with Crippen LogP contribution in [0.25, 0.3) is 11.3 Å². The SMILES string of the molecule is CC(C)C1(Oc2ccc(-c3nnn(C)c3COC3CCCCO3)cc2)CCCC(C(=O)O)(C(C)C)C1. The second-order valence-corrected chi connectivity index (χ2v) is 11.1. The Hall–Kier alpha value is -2.45. The topological polar surface area (TPSA) is 95.7 Å². The zero-order chi connectivity index (χ0) is 25.9. The molecule has 0 bridgehead atoms. The number of ether oxygens (including phenoxy) is 3. The van der Waals surface area contributed by atoms with E-state index in [1.165, 1.54) is 0 Å². The van der Waals surface area contributed by atoms with E-state index < -0.39 is 17.0 Å². The number of carboxylic acids is 1. The molecule has 2 aliphatic rings. The van der Waals surface area contributed by atoms with E-state index in [4.69, 9.17) is 14.2 Å². The van der Waals surface area contributed by atoms with E-state index in [0.717, 1.165) is 61.4 Å².